The van der Waals surface area contributed by atoms with Gasteiger partial charge in [-0.2, -0.15) is 10.5 Å². The Kier molecular flexibility index (Phi) is 3.57. The van der Waals surface area contributed by atoms with E-state index in [0.717, 1.165) is 18.2 Å². The second-order valence-corrected chi connectivity index (χ2v) is 4.14. The van der Waals surface area contributed by atoms with E-state index in [1.807, 2.05) is 0 Å². The number of nitrogens with two attached hydrogens (primary N) is 1. The largest absolute Gasteiger partial charge is 0.384 e. The molecule has 0 unspecified atom stereocenters. The highest BCUT2D eigenvalue weighted by Gasteiger charge is 2.22. The number of anilines is 1. The monoisotopic (exact) mass is 299 g/mol. The van der Waals surface area contributed by atoms with Crippen molar-refractivity contribution in [1.29, 1.82) is 10.5 Å². The van der Waals surface area contributed by atoms with E-state index in [1.165, 1.54) is 0 Å². The van der Waals surface area contributed by atoms with E-state index in [2.05, 4.69) is 4.98 Å². The molecule has 0 fully saturated rings. The van der Waals surface area contributed by atoms with Gasteiger partial charge in [-0.15, -0.1) is 0 Å². The van der Waals surface area contributed by atoms with E-state index in [-0.39, 0.29) is 16.9 Å². The van der Waals surface area contributed by atoms with Crippen LogP contribution in [-0.4, -0.2) is 9.91 Å². The number of non-ortho nitro benzene ring substituents is 1. The van der Waals surface area contributed by atoms with Crippen LogP contribution in [0.4, 0.5) is 15.9 Å². The van der Waals surface area contributed by atoms with Crippen molar-refractivity contribution < 1.29 is 9.31 Å². The lowest BCUT2D eigenvalue weighted by Gasteiger charge is -2.09. The highest BCUT2D eigenvalue weighted by atomic mass is 19.1. The zero-order chi connectivity index (χ0) is 16.4. The first-order valence-electron chi connectivity index (χ1n) is 5.71. The van der Waals surface area contributed by atoms with Gasteiger partial charge < -0.3 is 10.7 Å². The zero-order valence-electron chi connectivity index (χ0n) is 10.8. The fourth-order valence-electron chi connectivity index (χ4n) is 1.93. The first kappa shape index (κ1) is 14.7. The Bertz CT molecular complexity index is 936. The molecule has 0 aliphatic heterocycles. The number of nitrogens with one attached hydrogen (secondary N) is 1. The van der Waals surface area contributed by atoms with Crippen molar-refractivity contribution in [2.24, 2.45) is 0 Å². The molecule has 2 aromatic rings. The third kappa shape index (κ3) is 2.23. The van der Waals surface area contributed by atoms with Gasteiger partial charge in [-0.3, -0.25) is 14.9 Å². The number of nitro groups is 1. The van der Waals surface area contributed by atoms with Crippen molar-refractivity contribution in [3.63, 3.8) is 0 Å². The van der Waals surface area contributed by atoms with Crippen molar-refractivity contribution in [3.8, 4) is 23.3 Å². The molecule has 9 heteroatoms. The molecule has 1 aromatic carbocycles. The second-order valence-electron chi connectivity index (χ2n) is 4.14. The summed E-state index contributed by atoms with van der Waals surface area (Å²) in [6.45, 7) is 0. The van der Waals surface area contributed by atoms with Gasteiger partial charge in [-0.25, -0.2) is 4.39 Å². The first-order valence-corrected chi connectivity index (χ1v) is 5.71. The van der Waals surface area contributed by atoms with Crippen LogP contribution in [0.25, 0.3) is 11.1 Å². The number of hydrogen-bond acceptors (Lipinski definition) is 6. The molecule has 0 saturated heterocycles. The summed E-state index contributed by atoms with van der Waals surface area (Å²) in [5.41, 5.74) is 2.45. The number of rotatable bonds is 2. The minimum atomic E-state index is -0.927. The van der Waals surface area contributed by atoms with E-state index in [4.69, 9.17) is 16.3 Å². The molecule has 1 heterocycles. The molecule has 108 valence electrons. The Balaban J connectivity index is 2.98. The topological polar surface area (TPSA) is 150 Å². The molecule has 0 spiro atoms. The van der Waals surface area contributed by atoms with Crippen molar-refractivity contribution in [3.05, 3.63) is 55.6 Å². The van der Waals surface area contributed by atoms with Gasteiger partial charge in [0.15, 0.2) is 0 Å². The second kappa shape index (κ2) is 5.34. The van der Waals surface area contributed by atoms with Gasteiger partial charge >= 0.3 is 0 Å². The smallest absolute Gasteiger partial charge is 0.270 e. The summed E-state index contributed by atoms with van der Waals surface area (Å²) in [5, 5.41) is 29.0. The van der Waals surface area contributed by atoms with Gasteiger partial charge in [0.25, 0.3) is 11.2 Å². The summed E-state index contributed by atoms with van der Waals surface area (Å²) in [5.74, 6) is -1.28. The lowest BCUT2D eigenvalue weighted by Crippen LogP contribution is -2.16. The van der Waals surface area contributed by atoms with Crippen molar-refractivity contribution in [2.75, 3.05) is 5.73 Å². The fraction of sp³-hybridized carbons (Fsp3) is 0. The number of aromatic nitrogens is 1. The van der Waals surface area contributed by atoms with Gasteiger partial charge in [-0.05, 0) is 6.07 Å². The molecule has 0 radical (unpaired) electrons. The van der Waals surface area contributed by atoms with Crippen molar-refractivity contribution in [2.45, 2.75) is 0 Å². The Morgan fingerprint density at radius 1 is 1.27 bits per heavy atom. The maximum absolute atomic E-state index is 14.0. The van der Waals surface area contributed by atoms with Crippen LogP contribution in [0.1, 0.15) is 11.1 Å². The number of pyridine rings is 1. The van der Waals surface area contributed by atoms with Crippen LogP contribution in [-0.2, 0) is 0 Å². The number of aromatic amines is 1. The van der Waals surface area contributed by atoms with E-state index in [9.17, 15) is 19.3 Å². The summed E-state index contributed by atoms with van der Waals surface area (Å²) >= 11 is 0. The highest BCUT2D eigenvalue weighted by Crippen LogP contribution is 2.32. The molecule has 0 saturated carbocycles. The number of nitrogen functional groups attached to an aromatic ring is 1. The summed E-state index contributed by atoms with van der Waals surface area (Å²) < 4.78 is 14.0. The number of hydrogen-bond donors (Lipinski definition) is 2. The van der Waals surface area contributed by atoms with Crippen LogP contribution in [0.3, 0.4) is 0 Å². The van der Waals surface area contributed by atoms with E-state index in [1.54, 1.807) is 12.1 Å². The predicted molar refractivity (Wildman–Crippen MR) is 73.0 cm³/mol. The number of nitrogens with zero attached hydrogens (tertiary/aromatic N) is 3. The van der Waals surface area contributed by atoms with E-state index >= 15 is 0 Å². The van der Waals surface area contributed by atoms with E-state index < -0.39 is 33.1 Å². The Morgan fingerprint density at radius 2 is 1.91 bits per heavy atom. The molecule has 0 amide bonds. The number of halogens is 1. The van der Waals surface area contributed by atoms with Crippen LogP contribution in [0.5, 0.6) is 0 Å². The quantitative estimate of drug-likeness (QED) is 0.632. The number of nitro benzene ring substituents is 1. The summed E-state index contributed by atoms with van der Waals surface area (Å²) in [4.78, 5) is 23.9. The maximum Gasteiger partial charge on any atom is 0.270 e. The van der Waals surface area contributed by atoms with Crippen LogP contribution in [0.2, 0.25) is 0 Å². The number of nitriles is 2. The molecular weight excluding hydrogens is 293 g/mol. The molecular formula is C13H6FN5O3. The van der Waals surface area contributed by atoms with Crippen molar-refractivity contribution >= 4 is 11.5 Å². The molecule has 3 N–H and O–H groups in total. The lowest BCUT2D eigenvalue weighted by atomic mass is 9.96. The third-order valence-corrected chi connectivity index (χ3v) is 2.90. The predicted octanol–water partition coefficient (Wildman–Crippen LogP) is 1.41. The summed E-state index contributed by atoms with van der Waals surface area (Å²) in [7, 11) is 0. The van der Waals surface area contributed by atoms with Gasteiger partial charge in [0.2, 0.25) is 0 Å². The number of benzene rings is 1. The molecule has 0 aliphatic rings. The maximum atomic E-state index is 14.0. The Hall–Kier alpha value is -3.72. The van der Waals surface area contributed by atoms with Crippen LogP contribution in [0.15, 0.2) is 23.0 Å². The minimum absolute atomic E-state index is 0.337. The molecule has 1 aromatic heterocycles. The Labute approximate surface area is 122 Å². The average Bonchev–Trinajstić information content (AvgIpc) is 2.47. The zero-order valence-corrected chi connectivity index (χ0v) is 10.8. The van der Waals surface area contributed by atoms with Gasteiger partial charge in [-0.1, -0.05) is 0 Å². The minimum Gasteiger partial charge on any atom is -0.384 e. The third-order valence-electron chi connectivity index (χ3n) is 2.90. The fourth-order valence-corrected chi connectivity index (χ4v) is 1.93. The highest BCUT2D eigenvalue weighted by molar-refractivity contribution is 5.81. The standard InChI is InChI=1S/C13H6FN5O3/c14-10-2-1-6(19(21)22)3-7(10)11-8(4-15)12(17)18-13(20)9(11)5-16/h1-3H,(H3,17,18,20). The van der Waals surface area contributed by atoms with Crippen LogP contribution < -0.4 is 11.3 Å². The molecule has 0 aliphatic carbocycles. The van der Waals surface area contributed by atoms with Crippen LogP contribution >= 0.6 is 0 Å². The summed E-state index contributed by atoms with van der Waals surface area (Å²) in [6.07, 6.45) is 0. The van der Waals surface area contributed by atoms with Crippen LogP contribution in [0, 0.1) is 38.6 Å². The van der Waals surface area contributed by atoms with Gasteiger partial charge in [0.05, 0.1) is 4.92 Å². The van der Waals surface area contributed by atoms with Crippen molar-refractivity contribution in [1.82, 2.24) is 4.98 Å². The molecule has 8 nitrogen and oxygen atoms in total. The van der Waals surface area contributed by atoms with E-state index in [0.29, 0.717) is 0 Å². The average molecular weight is 299 g/mol. The SMILES string of the molecule is N#Cc1c(N)[nH]c(=O)c(C#N)c1-c1cc([N+](=O)[O-])ccc1F. The first-order chi connectivity index (χ1) is 10.4. The van der Waals surface area contributed by atoms with Gasteiger partial charge in [0, 0.05) is 23.3 Å². The molecule has 0 bridgehead atoms. The lowest BCUT2D eigenvalue weighted by molar-refractivity contribution is -0.384. The molecule has 2 rings (SSSR count). The normalized spacial score (nSPS) is 9.77. The summed E-state index contributed by atoms with van der Waals surface area (Å²) in [6, 6.07) is 5.79. The Morgan fingerprint density at radius 3 is 2.45 bits per heavy atom. The number of H-pyrrole nitrogens is 1. The van der Waals surface area contributed by atoms with Gasteiger partial charge in [0.1, 0.15) is 34.9 Å². The molecule has 0 atom stereocenters. The molecule has 22 heavy (non-hydrogen) atoms.